The number of hydrogen-bond donors (Lipinski definition) is 2. The fraction of sp³-hybridized carbons (Fsp3) is 0.308. The fourth-order valence-corrected chi connectivity index (χ4v) is 4.13. The Morgan fingerprint density at radius 1 is 1.18 bits per heavy atom. The summed E-state index contributed by atoms with van der Waals surface area (Å²) < 4.78 is 1.65. The Labute approximate surface area is 209 Å². The van der Waals surface area contributed by atoms with Gasteiger partial charge in [-0.05, 0) is 35.6 Å². The van der Waals surface area contributed by atoms with E-state index in [0.717, 1.165) is 11.1 Å². The Balaban J connectivity index is 1.75. The lowest BCUT2D eigenvalue weighted by Gasteiger charge is -2.19. The topological polar surface area (TPSA) is 87.7 Å². The van der Waals surface area contributed by atoms with E-state index in [1.54, 1.807) is 30.8 Å². The van der Waals surface area contributed by atoms with E-state index in [-0.39, 0.29) is 28.3 Å². The number of aliphatic imine (C=N–C) groups is 1. The molecule has 2 aromatic carbocycles. The maximum atomic E-state index is 11.1. The van der Waals surface area contributed by atoms with E-state index >= 15 is 0 Å². The van der Waals surface area contributed by atoms with Crippen molar-refractivity contribution in [3.8, 4) is 17.0 Å². The Bertz CT molecular complexity index is 1270. The van der Waals surface area contributed by atoms with Gasteiger partial charge in [0.2, 0.25) is 0 Å². The van der Waals surface area contributed by atoms with E-state index in [9.17, 15) is 9.90 Å². The molecule has 0 aliphatic heterocycles. The fourth-order valence-electron chi connectivity index (χ4n) is 3.62. The smallest absolute Gasteiger partial charge is 0.337 e. The lowest BCUT2D eigenvalue weighted by Crippen LogP contribution is -2.10. The minimum atomic E-state index is -1.07. The van der Waals surface area contributed by atoms with Crippen LogP contribution in [0.4, 0.5) is 0 Å². The van der Waals surface area contributed by atoms with Crippen molar-refractivity contribution in [3.05, 3.63) is 69.9 Å². The lowest BCUT2D eigenvalue weighted by molar-refractivity contribution is 0.0697. The zero-order chi connectivity index (χ0) is 25.2. The van der Waals surface area contributed by atoms with Crippen LogP contribution in [-0.4, -0.2) is 43.1 Å². The van der Waals surface area contributed by atoms with Gasteiger partial charge in [-0.3, -0.25) is 9.67 Å². The van der Waals surface area contributed by atoms with Gasteiger partial charge < -0.3 is 10.2 Å². The molecular formula is C26H28ClN3O3S. The molecule has 0 radical (unpaired) electrons. The molecule has 3 aromatic rings. The van der Waals surface area contributed by atoms with E-state index in [2.05, 4.69) is 43.0 Å². The van der Waals surface area contributed by atoms with Crippen LogP contribution in [0.3, 0.4) is 0 Å². The average molecular weight is 498 g/mol. The first-order valence-electron chi connectivity index (χ1n) is 10.8. The minimum absolute atomic E-state index is 0.0451. The highest BCUT2D eigenvalue weighted by molar-refractivity contribution is 7.80. The van der Waals surface area contributed by atoms with Crippen LogP contribution in [0.5, 0.6) is 5.75 Å². The third-order valence-corrected chi connectivity index (χ3v) is 6.13. The first-order chi connectivity index (χ1) is 15.9. The van der Waals surface area contributed by atoms with Crippen molar-refractivity contribution >= 4 is 40.4 Å². The Hall–Kier alpha value is -3.03. The van der Waals surface area contributed by atoms with Crippen molar-refractivity contribution in [1.82, 2.24) is 9.78 Å². The quantitative estimate of drug-likeness (QED) is 0.315. The van der Waals surface area contributed by atoms with Crippen molar-refractivity contribution in [2.75, 3.05) is 6.54 Å². The number of halogens is 1. The maximum Gasteiger partial charge on any atom is 0.337 e. The molecule has 0 aliphatic rings. The molecule has 0 bridgehead atoms. The summed E-state index contributed by atoms with van der Waals surface area (Å²) in [5.41, 5.74) is 4.61. The second-order valence-electron chi connectivity index (χ2n) is 9.23. The number of thiocarbonyl (C=S) groups is 1. The first-order valence-corrected chi connectivity index (χ1v) is 11.6. The van der Waals surface area contributed by atoms with Gasteiger partial charge in [-0.25, -0.2) is 4.79 Å². The molecule has 0 saturated carbocycles. The van der Waals surface area contributed by atoms with Crippen molar-refractivity contribution in [3.63, 3.8) is 0 Å². The van der Waals surface area contributed by atoms with Crippen LogP contribution in [0.2, 0.25) is 5.02 Å². The number of carboxylic acid groups (broad SMARTS) is 1. The van der Waals surface area contributed by atoms with E-state index in [1.807, 2.05) is 12.1 Å². The van der Waals surface area contributed by atoms with Crippen LogP contribution in [0.1, 0.15) is 54.9 Å². The third-order valence-electron chi connectivity index (χ3n) is 5.55. The molecule has 3 rings (SSSR count). The van der Waals surface area contributed by atoms with Gasteiger partial charge in [-0.1, -0.05) is 74.9 Å². The maximum absolute atomic E-state index is 11.1. The van der Waals surface area contributed by atoms with E-state index in [0.29, 0.717) is 28.4 Å². The second kappa shape index (κ2) is 10.1. The van der Waals surface area contributed by atoms with Crippen LogP contribution in [0.25, 0.3) is 11.3 Å². The molecule has 178 valence electrons. The number of aryl methyl sites for hydroxylation is 1. The number of rotatable bonds is 7. The number of aromatic carboxylic acids is 1. The summed E-state index contributed by atoms with van der Waals surface area (Å²) in [6, 6.07) is 12.9. The van der Waals surface area contributed by atoms with Gasteiger partial charge in [-0.15, -0.1) is 0 Å². The largest absolute Gasteiger partial charge is 0.504 e. The summed E-state index contributed by atoms with van der Waals surface area (Å²) >= 11 is 11.5. The highest BCUT2D eigenvalue weighted by atomic mass is 35.5. The van der Waals surface area contributed by atoms with Gasteiger partial charge in [0, 0.05) is 23.9 Å². The summed E-state index contributed by atoms with van der Waals surface area (Å²) in [5, 5.41) is 24.7. The molecule has 2 N–H and O–H groups in total. The van der Waals surface area contributed by atoms with Gasteiger partial charge in [0.05, 0.1) is 22.8 Å². The molecule has 1 heterocycles. The number of carboxylic acids is 1. The molecule has 6 nitrogen and oxygen atoms in total. The number of carbonyl (C=O) groups is 1. The first kappa shape index (κ1) is 25.6. The van der Waals surface area contributed by atoms with Crippen molar-refractivity contribution in [2.45, 2.75) is 39.5 Å². The number of aromatic nitrogens is 2. The summed E-state index contributed by atoms with van der Waals surface area (Å²) in [4.78, 5) is 16.3. The van der Waals surface area contributed by atoms with Crippen LogP contribution < -0.4 is 0 Å². The normalized spacial score (nSPS) is 12.1. The monoisotopic (exact) mass is 497 g/mol. The number of hydrogen-bond acceptors (Lipinski definition) is 5. The van der Waals surface area contributed by atoms with Crippen LogP contribution in [0, 0.1) is 0 Å². The molecule has 0 amide bonds. The molecule has 0 aliphatic carbocycles. The second-order valence-corrected chi connectivity index (χ2v) is 10.2. The molecule has 0 saturated heterocycles. The lowest BCUT2D eigenvalue weighted by atomic mass is 9.86. The molecule has 0 spiro atoms. The predicted octanol–water partition coefficient (Wildman–Crippen LogP) is 5.86. The molecular weight excluding hydrogens is 470 g/mol. The summed E-state index contributed by atoms with van der Waals surface area (Å²) in [7, 11) is 1.79. The van der Waals surface area contributed by atoms with Crippen LogP contribution in [-0.2, 0) is 18.9 Å². The van der Waals surface area contributed by atoms with E-state index in [4.69, 9.17) is 28.9 Å². The summed E-state index contributed by atoms with van der Waals surface area (Å²) in [5.74, 6) is -0.992. The molecule has 34 heavy (non-hydrogen) atoms. The zero-order valence-corrected chi connectivity index (χ0v) is 21.5. The number of nitrogens with zero attached hydrogens (tertiary/aromatic N) is 3. The van der Waals surface area contributed by atoms with E-state index < -0.39 is 5.97 Å². The van der Waals surface area contributed by atoms with Gasteiger partial charge in [0.25, 0.3) is 0 Å². The Morgan fingerprint density at radius 2 is 1.82 bits per heavy atom. The number of aromatic hydroxyl groups is 1. The van der Waals surface area contributed by atoms with Gasteiger partial charge in [-0.2, -0.15) is 5.10 Å². The zero-order valence-electron chi connectivity index (χ0n) is 19.9. The van der Waals surface area contributed by atoms with Crippen molar-refractivity contribution in [2.24, 2.45) is 12.0 Å². The average Bonchev–Trinajstić information content (AvgIpc) is 3.05. The predicted molar refractivity (Wildman–Crippen MR) is 141 cm³/mol. The molecule has 0 atom stereocenters. The minimum Gasteiger partial charge on any atom is -0.504 e. The third kappa shape index (κ3) is 5.72. The molecule has 8 heteroatoms. The Morgan fingerprint density at radius 3 is 2.38 bits per heavy atom. The number of benzene rings is 2. The van der Waals surface area contributed by atoms with Gasteiger partial charge in [0.1, 0.15) is 11.4 Å². The van der Waals surface area contributed by atoms with Crippen LogP contribution in [0.15, 0.2) is 47.5 Å². The standard InChI is InChI=1S/C26H28ClN3O3S/c1-15(28-14-19(34)12-16-6-11-20(25(32)33)21(27)13-16)22-24(31)23(30(5)29-22)17-7-9-18(10-8-17)26(2,3)4/h6-11,13,31H,12,14H2,1-5H3,(H,32,33). The van der Waals surface area contributed by atoms with Crippen molar-refractivity contribution < 1.29 is 15.0 Å². The highest BCUT2D eigenvalue weighted by Crippen LogP contribution is 2.33. The van der Waals surface area contributed by atoms with E-state index in [1.165, 1.54) is 11.6 Å². The van der Waals surface area contributed by atoms with Gasteiger partial charge in [0.15, 0.2) is 5.75 Å². The van der Waals surface area contributed by atoms with Crippen LogP contribution >= 0.6 is 23.8 Å². The SMILES string of the molecule is CC(=NCC(=S)Cc1ccc(C(=O)O)c(Cl)c1)c1nn(C)c(-c2ccc(C(C)(C)C)cc2)c1O. The molecule has 0 fully saturated rings. The van der Waals surface area contributed by atoms with Gasteiger partial charge >= 0.3 is 5.97 Å². The van der Waals surface area contributed by atoms with Crippen molar-refractivity contribution in [1.29, 1.82) is 0 Å². The Kier molecular flexibility index (Phi) is 7.58. The highest BCUT2D eigenvalue weighted by Gasteiger charge is 2.20. The molecule has 1 aromatic heterocycles. The molecule has 0 unspecified atom stereocenters. The summed E-state index contributed by atoms with van der Waals surface area (Å²) in [6.45, 7) is 8.53. The summed E-state index contributed by atoms with van der Waals surface area (Å²) in [6.07, 6.45) is 0.436.